The van der Waals surface area contributed by atoms with Crippen molar-refractivity contribution in [3.8, 4) is 0 Å². The highest BCUT2D eigenvalue weighted by Gasteiger charge is 1.92. The second kappa shape index (κ2) is 18.2. The van der Waals surface area contributed by atoms with Gasteiger partial charge in [-0.25, -0.2) is 0 Å². The molecule has 0 aliphatic carbocycles. The van der Waals surface area contributed by atoms with Gasteiger partial charge in [0.2, 0.25) is 0 Å². The largest absolute Gasteiger partial charge is 0.481 e. The van der Waals surface area contributed by atoms with Gasteiger partial charge in [-0.1, -0.05) is 79.8 Å². The third-order valence-corrected chi connectivity index (χ3v) is 3.20. The summed E-state index contributed by atoms with van der Waals surface area (Å²) in [6.45, 7) is 2.08. The lowest BCUT2D eigenvalue weighted by atomic mass is 10.2. The van der Waals surface area contributed by atoms with Gasteiger partial charge in [0.25, 0.3) is 0 Å². The number of rotatable bonds is 14. The highest BCUT2D eigenvalue weighted by molar-refractivity contribution is 5.66. The minimum atomic E-state index is -0.754. The summed E-state index contributed by atoms with van der Waals surface area (Å²) in [7, 11) is 0. The van der Waals surface area contributed by atoms with Crippen LogP contribution in [0.5, 0.6) is 0 Å². The lowest BCUT2D eigenvalue weighted by molar-refractivity contribution is -0.136. The van der Waals surface area contributed by atoms with E-state index in [0.717, 1.165) is 25.7 Å². The van der Waals surface area contributed by atoms with Crippen LogP contribution in [0.3, 0.4) is 0 Å². The van der Waals surface area contributed by atoms with E-state index in [2.05, 4.69) is 43.4 Å². The average Bonchev–Trinajstić information content (AvgIpc) is 2.58. The summed E-state index contributed by atoms with van der Waals surface area (Å²) < 4.78 is 0. The monoisotopic (exact) mass is 344 g/mol. The predicted molar refractivity (Wildman–Crippen MR) is 106 cm³/mol. The molecule has 0 bridgehead atoms. The van der Waals surface area contributed by atoms with Crippen LogP contribution in [0.1, 0.15) is 51.9 Å². The number of carboxylic acid groups (broad SMARTS) is 1. The fourth-order valence-corrected chi connectivity index (χ4v) is 1.87. The summed E-state index contributed by atoms with van der Waals surface area (Å²) in [4.78, 5) is 10.3. The van der Waals surface area contributed by atoms with E-state index in [-0.39, 0.29) is 6.42 Å². The van der Waals surface area contributed by atoms with Crippen LogP contribution in [0.4, 0.5) is 0 Å². The normalized spacial score (nSPS) is 14.3. The van der Waals surface area contributed by atoms with E-state index in [0.29, 0.717) is 12.8 Å². The quantitative estimate of drug-likeness (QED) is 0.322. The molecule has 0 saturated carbocycles. The summed E-state index contributed by atoms with van der Waals surface area (Å²) >= 11 is 0. The van der Waals surface area contributed by atoms with Gasteiger partial charge in [0, 0.05) is 6.42 Å². The molecule has 0 aliphatic rings. The zero-order valence-electron chi connectivity index (χ0n) is 15.3. The van der Waals surface area contributed by atoms with Gasteiger partial charge < -0.3 is 10.2 Å². The Labute approximate surface area is 152 Å². The van der Waals surface area contributed by atoms with Crippen LogP contribution in [0, 0.1) is 0 Å². The molecular weight excluding hydrogens is 312 g/mol. The van der Waals surface area contributed by atoms with Crippen LogP contribution in [0.15, 0.2) is 72.9 Å². The Kier molecular flexibility index (Phi) is 16.7. The molecule has 138 valence electrons. The first-order chi connectivity index (χ1) is 12.2. The van der Waals surface area contributed by atoms with Crippen molar-refractivity contribution in [3.63, 3.8) is 0 Å². The average molecular weight is 344 g/mol. The Morgan fingerprint density at radius 3 is 2.04 bits per heavy atom. The molecule has 0 fully saturated rings. The topological polar surface area (TPSA) is 57.5 Å². The molecule has 0 aromatic carbocycles. The first-order valence-electron chi connectivity index (χ1n) is 9.00. The van der Waals surface area contributed by atoms with Crippen LogP contribution in [-0.2, 0) is 4.79 Å². The minimum absolute atomic E-state index is 0.195. The van der Waals surface area contributed by atoms with E-state index >= 15 is 0 Å². The van der Waals surface area contributed by atoms with Crippen molar-refractivity contribution >= 4 is 5.97 Å². The minimum Gasteiger partial charge on any atom is -0.481 e. The molecule has 0 rings (SSSR count). The lowest BCUT2D eigenvalue weighted by Crippen LogP contribution is -1.98. The number of allylic oxidation sites excluding steroid dienone is 10. The Hall–Kier alpha value is -2.13. The number of carbonyl (C=O) groups is 1. The maximum Gasteiger partial charge on any atom is 0.303 e. The van der Waals surface area contributed by atoms with E-state index in [1.165, 1.54) is 0 Å². The molecule has 0 spiro atoms. The van der Waals surface area contributed by atoms with Crippen LogP contribution in [0.25, 0.3) is 0 Å². The standard InChI is InChI=1S/C22H32O3/c1-2-3-15-18-21(23)19-16-13-11-9-7-5-4-6-8-10-12-14-17-20-22(24)25/h3,5-8,11-16,19,21,23H,2,4,9-10,17-18,20H2,1H3,(H,24,25)/b7-5-,8-6-,13-11+,14-12-,15-3-,19-16+. The van der Waals surface area contributed by atoms with E-state index in [9.17, 15) is 9.90 Å². The van der Waals surface area contributed by atoms with Crippen LogP contribution in [0.2, 0.25) is 0 Å². The first-order valence-corrected chi connectivity index (χ1v) is 9.00. The molecule has 0 heterocycles. The van der Waals surface area contributed by atoms with Gasteiger partial charge in [0.1, 0.15) is 0 Å². The van der Waals surface area contributed by atoms with E-state index in [4.69, 9.17) is 5.11 Å². The summed E-state index contributed by atoms with van der Waals surface area (Å²) in [6.07, 6.45) is 28.7. The third kappa shape index (κ3) is 19.8. The van der Waals surface area contributed by atoms with Gasteiger partial charge in [0.15, 0.2) is 0 Å². The lowest BCUT2D eigenvalue weighted by Gasteiger charge is -1.98. The van der Waals surface area contributed by atoms with Gasteiger partial charge >= 0.3 is 5.97 Å². The zero-order chi connectivity index (χ0) is 18.6. The second-order valence-electron chi connectivity index (χ2n) is 5.55. The fraction of sp³-hybridized carbons (Fsp3) is 0.409. The summed E-state index contributed by atoms with van der Waals surface area (Å²) in [6, 6.07) is 0. The molecule has 1 unspecified atom stereocenters. The summed E-state index contributed by atoms with van der Waals surface area (Å²) in [5, 5.41) is 18.2. The Morgan fingerprint density at radius 2 is 1.44 bits per heavy atom. The van der Waals surface area contributed by atoms with E-state index in [1.807, 2.05) is 30.4 Å². The molecule has 3 heteroatoms. The van der Waals surface area contributed by atoms with Crippen LogP contribution < -0.4 is 0 Å². The van der Waals surface area contributed by atoms with Crippen molar-refractivity contribution in [1.82, 2.24) is 0 Å². The Morgan fingerprint density at radius 1 is 0.840 bits per heavy atom. The number of aliphatic hydroxyl groups excluding tert-OH is 1. The van der Waals surface area contributed by atoms with Gasteiger partial charge in [-0.3, -0.25) is 4.79 Å². The Bertz CT molecular complexity index is 493. The number of hydrogen-bond acceptors (Lipinski definition) is 2. The van der Waals surface area contributed by atoms with Gasteiger partial charge in [-0.2, -0.15) is 0 Å². The number of aliphatic carboxylic acids is 1. The van der Waals surface area contributed by atoms with Gasteiger partial charge in [-0.05, 0) is 38.5 Å². The van der Waals surface area contributed by atoms with Crippen molar-refractivity contribution in [2.75, 3.05) is 0 Å². The predicted octanol–water partition coefficient (Wildman–Crippen LogP) is 5.52. The van der Waals surface area contributed by atoms with Crippen molar-refractivity contribution in [1.29, 1.82) is 0 Å². The fourth-order valence-electron chi connectivity index (χ4n) is 1.87. The van der Waals surface area contributed by atoms with E-state index in [1.54, 1.807) is 6.08 Å². The summed E-state index contributed by atoms with van der Waals surface area (Å²) in [5.74, 6) is -0.754. The smallest absolute Gasteiger partial charge is 0.303 e. The summed E-state index contributed by atoms with van der Waals surface area (Å²) in [5.41, 5.74) is 0. The number of aliphatic hydroxyl groups is 1. The molecule has 3 nitrogen and oxygen atoms in total. The van der Waals surface area contributed by atoms with Crippen LogP contribution >= 0.6 is 0 Å². The molecule has 1 atom stereocenters. The van der Waals surface area contributed by atoms with Crippen molar-refractivity contribution in [2.45, 2.75) is 58.0 Å². The van der Waals surface area contributed by atoms with Crippen LogP contribution in [-0.4, -0.2) is 22.3 Å². The van der Waals surface area contributed by atoms with E-state index < -0.39 is 12.1 Å². The molecule has 0 amide bonds. The van der Waals surface area contributed by atoms with Crippen molar-refractivity contribution < 1.29 is 15.0 Å². The number of carboxylic acids is 1. The van der Waals surface area contributed by atoms with Gasteiger partial charge in [-0.15, -0.1) is 0 Å². The number of hydrogen-bond donors (Lipinski definition) is 2. The highest BCUT2D eigenvalue weighted by atomic mass is 16.4. The molecular formula is C22H32O3. The highest BCUT2D eigenvalue weighted by Crippen LogP contribution is 1.98. The molecule has 0 aliphatic heterocycles. The Balaban J connectivity index is 3.66. The third-order valence-electron chi connectivity index (χ3n) is 3.20. The maximum atomic E-state index is 10.3. The zero-order valence-corrected chi connectivity index (χ0v) is 15.3. The van der Waals surface area contributed by atoms with Gasteiger partial charge in [0.05, 0.1) is 6.10 Å². The molecule has 0 saturated heterocycles. The first kappa shape index (κ1) is 22.9. The molecule has 25 heavy (non-hydrogen) atoms. The SMILES string of the molecule is CC/C=C\CC(O)/C=C/C=C/C/C=C\C/C=C\C/C=C\CCC(=O)O. The maximum absolute atomic E-state index is 10.3. The molecule has 2 N–H and O–H groups in total. The van der Waals surface area contributed by atoms with Crippen molar-refractivity contribution in [3.05, 3.63) is 72.9 Å². The molecule has 0 aromatic heterocycles. The molecule has 0 aromatic rings. The second-order valence-corrected chi connectivity index (χ2v) is 5.55. The molecule has 0 radical (unpaired) electrons. The van der Waals surface area contributed by atoms with Crippen molar-refractivity contribution in [2.24, 2.45) is 0 Å².